The van der Waals surface area contributed by atoms with Crippen molar-refractivity contribution < 1.29 is 14.5 Å². The Bertz CT molecular complexity index is 1170. The fourth-order valence-electron chi connectivity index (χ4n) is 2.55. The van der Waals surface area contributed by atoms with Crippen LogP contribution in [-0.2, 0) is 11.2 Å². The maximum Gasteiger partial charge on any atom is 0.283 e. The maximum atomic E-state index is 12.3. The minimum atomic E-state index is -0.768. The van der Waals surface area contributed by atoms with E-state index in [1.165, 1.54) is 23.5 Å². The predicted octanol–water partition coefficient (Wildman–Crippen LogP) is 4.78. The van der Waals surface area contributed by atoms with Crippen molar-refractivity contribution in [3.05, 3.63) is 78.8 Å². The molecule has 1 heterocycles. The second kappa shape index (κ2) is 10.1. The Morgan fingerprint density at radius 3 is 2.74 bits per heavy atom. The van der Waals surface area contributed by atoms with Gasteiger partial charge in [0.05, 0.1) is 25.6 Å². The molecule has 2 aromatic carbocycles. The summed E-state index contributed by atoms with van der Waals surface area (Å²) < 4.78 is 0. The summed E-state index contributed by atoms with van der Waals surface area (Å²) in [5.41, 5.74) is 5.74. The fourth-order valence-corrected chi connectivity index (χ4v) is 4.60. The van der Waals surface area contributed by atoms with Crippen molar-refractivity contribution in [1.29, 1.82) is 0 Å². The van der Waals surface area contributed by atoms with Crippen molar-refractivity contribution in [1.82, 2.24) is 4.98 Å². The standard InChI is InChI=1S/C19H14Cl2N4O4S2/c20-13-3-1-2-10(17(13)21)6-12-8-23-19(31-12)24-16(26)9-30-15-5-4-11(18(22)27)7-14(15)25(28)29/h1-5,7-8H,6,9H2,(H2,22,27)(H,23,24,26). The first-order chi connectivity index (χ1) is 14.7. The van der Waals surface area contributed by atoms with Gasteiger partial charge in [-0.3, -0.25) is 19.7 Å². The summed E-state index contributed by atoms with van der Waals surface area (Å²) in [6.07, 6.45) is 2.15. The van der Waals surface area contributed by atoms with E-state index in [1.54, 1.807) is 18.3 Å². The van der Waals surface area contributed by atoms with E-state index in [-0.39, 0.29) is 27.8 Å². The third kappa shape index (κ3) is 5.95. The number of nitrogens with one attached hydrogen (secondary N) is 1. The first-order valence-corrected chi connectivity index (χ1v) is 11.2. The Hall–Kier alpha value is -2.66. The minimum Gasteiger partial charge on any atom is -0.366 e. The number of carbonyl (C=O) groups excluding carboxylic acids is 2. The summed E-state index contributed by atoms with van der Waals surface area (Å²) in [4.78, 5) is 39.4. The quantitative estimate of drug-likeness (QED) is 0.262. The van der Waals surface area contributed by atoms with Gasteiger partial charge in [-0.2, -0.15) is 0 Å². The Morgan fingerprint density at radius 2 is 2.03 bits per heavy atom. The molecule has 2 amide bonds. The number of halogens is 2. The highest BCUT2D eigenvalue weighted by molar-refractivity contribution is 8.00. The molecule has 0 aliphatic carbocycles. The molecule has 0 radical (unpaired) electrons. The van der Waals surface area contributed by atoms with Gasteiger partial charge in [0.25, 0.3) is 5.69 Å². The van der Waals surface area contributed by atoms with Gasteiger partial charge >= 0.3 is 0 Å². The highest BCUT2D eigenvalue weighted by atomic mass is 35.5. The molecule has 3 aromatic rings. The van der Waals surface area contributed by atoms with Crippen LogP contribution in [0.5, 0.6) is 0 Å². The fraction of sp³-hybridized carbons (Fsp3) is 0.105. The molecule has 31 heavy (non-hydrogen) atoms. The first kappa shape index (κ1) is 23.0. The van der Waals surface area contributed by atoms with E-state index in [1.807, 2.05) is 6.07 Å². The van der Waals surface area contributed by atoms with Crippen LogP contribution < -0.4 is 11.1 Å². The average Bonchev–Trinajstić information content (AvgIpc) is 3.16. The Labute approximate surface area is 194 Å². The van der Waals surface area contributed by atoms with Crippen LogP contribution in [0.25, 0.3) is 0 Å². The molecule has 0 unspecified atom stereocenters. The molecular weight excluding hydrogens is 483 g/mol. The van der Waals surface area contributed by atoms with Crippen LogP contribution in [0.4, 0.5) is 10.8 Å². The summed E-state index contributed by atoms with van der Waals surface area (Å²) in [5.74, 6) is -1.22. The smallest absolute Gasteiger partial charge is 0.283 e. The van der Waals surface area contributed by atoms with E-state index in [0.29, 0.717) is 21.6 Å². The van der Waals surface area contributed by atoms with Gasteiger partial charge in [0.2, 0.25) is 11.8 Å². The molecular formula is C19H14Cl2N4O4S2. The van der Waals surface area contributed by atoms with Gasteiger partial charge < -0.3 is 11.1 Å². The molecule has 0 aliphatic rings. The molecule has 1 aromatic heterocycles. The second-order valence-corrected chi connectivity index (χ2v) is 9.08. The van der Waals surface area contributed by atoms with E-state index < -0.39 is 10.8 Å². The van der Waals surface area contributed by atoms with E-state index in [2.05, 4.69) is 10.3 Å². The van der Waals surface area contributed by atoms with E-state index >= 15 is 0 Å². The molecule has 160 valence electrons. The van der Waals surface area contributed by atoms with Gasteiger partial charge in [0.15, 0.2) is 5.13 Å². The third-order valence-electron chi connectivity index (χ3n) is 4.00. The van der Waals surface area contributed by atoms with Gasteiger partial charge in [-0.1, -0.05) is 35.3 Å². The van der Waals surface area contributed by atoms with Crippen molar-refractivity contribution in [2.75, 3.05) is 11.1 Å². The Morgan fingerprint density at radius 1 is 1.26 bits per heavy atom. The van der Waals surface area contributed by atoms with Crippen LogP contribution in [0.2, 0.25) is 10.0 Å². The third-order valence-corrected chi connectivity index (χ3v) is 6.83. The van der Waals surface area contributed by atoms with Crippen molar-refractivity contribution in [2.45, 2.75) is 11.3 Å². The molecule has 0 fully saturated rings. The molecule has 3 rings (SSSR count). The molecule has 0 saturated heterocycles. The number of aromatic nitrogens is 1. The number of amides is 2. The number of carbonyl (C=O) groups is 2. The molecule has 0 aliphatic heterocycles. The zero-order chi connectivity index (χ0) is 22.5. The zero-order valence-electron chi connectivity index (χ0n) is 15.6. The number of nitro benzene ring substituents is 1. The average molecular weight is 497 g/mol. The molecule has 8 nitrogen and oxygen atoms in total. The van der Waals surface area contributed by atoms with Crippen LogP contribution in [-0.4, -0.2) is 27.5 Å². The number of thioether (sulfide) groups is 1. The van der Waals surface area contributed by atoms with Gasteiger partial charge in [-0.05, 0) is 23.8 Å². The van der Waals surface area contributed by atoms with Crippen LogP contribution in [0.15, 0.2) is 47.5 Å². The lowest BCUT2D eigenvalue weighted by Gasteiger charge is -2.05. The lowest BCUT2D eigenvalue weighted by Crippen LogP contribution is -2.14. The number of rotatable bonds is 8. The zero-order valence-corrected chi connectivity index (χ0v) is 18.8. The van der Waals surface area contributed by atoms with Gasteiger partial charge in [-0.15, -0.1) is 23.1 Å². The topological polar surface area (TPSA) is 128 Å². The maximum absolute atomic E-state index is 12.3. The minimum absolute atomic E-state index is 0.0237. The monoisotopic (exact) mass is 496 g/mol. The summed E-state index contributed by atoms with van der Waals surface area (Å²) in [5, 5.41) is 15.3. The molecule has 0 atom stereocenters. The van der Waals surface area contributed by atoms with Crippen LogP contribution in [0.1, 0.15) is 20.8 Å². The number of nitrogens with two attached hydrogens (primary N) is 1. The van der Waals surface area contributed by atoms with E-state index in [0.717, 1.165) is 28.3 Å². The molecule has 0 saturated carbocycles. The largest absolute Gasteiger partial charge is 0.366 e. The van der Waals surface area contributed by atoms with Gasteiger partial charge in [0.1, 0.15) is 0 Å². The van der Waals surface area contributed by atoms with Crippen molar-refractivity contribution in [3.63, 3.8) is 0 Å². The number of hydrogen-bond acceptors (Lipinski definition) is 7. The molecule has 0 spiro atoms. The number of hydrogen-bond donors (Lipinski definition) is 2. The predicted molar refractivity (Wildman–Crippen MR) is 122 cm³/mol. The van der Waals surface area contributed by atoms with Gasteiger partial charge in [-0.25, -0.2) is 4.98 Å². The normalized spacial score (nSPS) is 10.6. The van der Waals surface area contributed by atoms with Crippen LogP contribution >= 0.6 is 46.3 Å². The highest BCUT2D eigenvalue weighted by Crippen LogP contribution is 2.31. The lowest BCUT2D eigenvalue weighted by molar-refractivity contribution is -0.387. The number of benzene rings is 2. The number of anilines is 1. The molecule has 3 N–H and O–H groups in total. The summed E-state index contributed by atoms with van der Waals surface area (Å²) in [6.45, 7) is 0. The molecule has 0 bridgehead atoms. The number of nitro groups is 1. The first-order valence-electron chi connectivity index (χ1n) is 8.63. The van der Waals surface area contributed by atoms with Crippen molar-refractivity contribution in [2.24, 2.45) is 5.73 Å². The van der Waals surface area contributed by atoms with E-state index in [4.69, 9.17) is 28.9 Å². The number of thiazole rings is 1. The summed E-state index contributed by atoms with van der Waals surface area (Å²) >= 11 is 14.5. The SMILES string of the molecule is NC(=O)c1ccc(SCC(=O)Nc2ncc(Cc3cccc(Cl)c3Cl)s2)c([N+](=O)[O-])c1. The highest BCUT2D eigenvalue weighted by Gasteiger charge is 2.18. The van der Waals surface area contributed by atoms with Gasteiger partial charge in [0, 0.05) is 29.1 Å². The van der Waals surface area contributed by atoms with Crippen LogP contribution in [0.3, 0.4) is 0 Å². The number of nitrogens with zero attached hydrogens (tertiary/aromatic N) is 2. The lowest BCUT2D eigenvalue weighted by atomic mass is 10.1. The van der Waals surface area contributed by atoms with Crippen LogP contribution in [0, 0.1) is 10.1 Å². The summed E-state index contributed by atoms with van der Waals surface area (Å²) in [6, 6.07) is 9.24. The molecule has 12 heteroatoms. The summed E-state index contributed by atoms with van der Waals surface area (Å²) in [7, 11) is 0. The van der Waals surface area contributed by atoms with Crippen molar-refractivity contribution >= 4 is 68.9 Å². The Kier molecular flexibility index (Phi) is 7.50. The van der Waals surface area contributed by atoms with E-state index in [9.17, 15) is 19.7 Å². The Balaban J connectivity index is 1.61. The second-order valence-electron chi connectivity index (χ2n) is 6.16. The number of primary amides is 1. The van der Waals surface area contributed by atoms with Crippen molar-refractivity contribution in [3.8, 4) is 0 Å².